The molecule has 6 nitrogen and oxygen atoms in total. The Labute approximate surface area is 121 Å². The van der Waals surface area contributed by atoms with Crippen LogP contribution in [-0.4, -0.2) is 34.6 Å². The number of carbonyl (C=O) groups excluding carboxylic acids is 1. The number of rotatable bonds is 5. The van der Waals surface area contributed by atoms with Gasteiger partial charge in [-0.3, -0.25) is 4.79 Å². The average molecular weight is 293 g/mol. The van der Waals surface area contributed by atoms with Crippen LogP contribution in [0, 0.1) is 17.1 Å². The molecule has 7 heteroatoms. The zero-order valence-corrected chi connectivity index (χ0v) is 11.8. The average Bonchev–Trinajstić information content (AvgIpc) is 2.40. The Hall–Kier alpha value is -2.62. The van der Waals surface area contributed by atoms with Crippen molar-refractivity contribution in [1.82, 2.24) is 4.90 Å². The number of carboxylic acid groups (broad SMARTS) is 1. The van der Waals surface area contributed by atoms with E-state index < -0.39 is 17.8 Å². The molecule has 1 rings (SSSR count). The molecule has 0 aliphatic carbocycles. The lowest BCUT2D eigenvalue weighted by Gasteiger charge is -2.26. The maximum absolute atomic E-state index is 13.2. The number of hydrogen-bond donors (Lipinski definition) is 2. The Kier molecular flexibility index (Phi) is 5.67. The van der Waals surface area contributed by atoms with Crippen molar-refractivity contribution < 1.29 is 19.1 Å². The quantitative estimate of drug-likeness (QED) is 0.871. The van der Waals surface area contributed by atoms with Crippen molar-refractivity contribution in [3.8, 4) is 6.07 Å². The number of nitriles is 1. The van der Waals surface area contributed by atoms with Crippen LogP contribution in [0.1, 0.15) is 25.8 Å². The van der Waals surface area contributed by atoms with E-state index in [0.29, 0.717) is 0 Å². The fourth-order valence-corrected chi connectivity index (χ4v) is 1.69. The monoisotopic (exact) mass is 293 g/mol. The van der Waals surface area contributed by atoms with Gasteiger partial charge in [-0.05, 0) is 32.0 Å². The van der Waals surface area contributed by atoms with E-state index in [0.717, 1.165) is 6.07 Å². The SMILES string of the molecule is CC(C)N(CCC(=O)O)C(=O)Nc1ccc(F)c(C#N)c1. The molecule has 112 valence electrons. The number of urea groups is 1. The highest BCUT2D eigenvalue weighted by atomic mass is 19.1. The first kappa shape index (κ1) is 16.4. The van der Waals surface area contributed by atoms with Crippen LogP contribution in [0.25, 0.3) is 0 Å². The molecule has 0 radical (unpaired) electrons. The number of benzene rings is 1. The lowest BCUT2D eigenvalue weighted by Crippen LogP contribution is -2.41. The highest BCUT2D eigenvalue weighted by Crippen LogP contribution is 2.15. The van der Waals surface area contributed by atoms with Gasteiger partial charge in [-0.25, -0.2) is 9.18 Å². The second-order valence-corrected chi connectivity index (χ2v) is 4.67. The van der Waals surface area contributed by atoms with Gasteiger partial charge < -0.3 is 15.3 Å². The van der Waals surface area contributed by atoms with Crippen LogP contribution >= 0.6 is 0 Å². The van der Waals surface area contributed by atoms with Crippen molar-refractivity contribution >= 4 is 17.7 Å². The van der Waals surface area contributed by atoms with Crippen molar-refractivity contribution in [2.24, 2.45) is 0 Å². The zero-order valence-electron chi connectivity index (χ0n) is 11.8. The maximum Gasteiger partial charge on any atom is 0.322 e. The van der Waals surface area contributed by atoms with Gasteiger partial charge in [0.25, 0.3) is 0 Å². The number of carbonyl (C=O) groups is 2. The Bertz CT molecular complexity index is 581. The molecule has 2 amide bonds. The molecule has 0 saturated heterocycles. The molecule has 0 atom stereocenters. The molecule has 0 unspecified atom stereocenters. The highest BCUT2D eigenvalue weighted by molar-refractivity contribution is 5.90. The Morgan fingerprint density at radius 1 is 1.48 bits per heavy atom. The molecule has 0 aliphatic heterocycles. The second kappa shape index (κ2) is 7.24. The van der Waals surface area contributed by atoms with Gasteiger partial charge in [0.2, 0.25) is 0 Å². The predicted molar refractivity (Wildman–Crippen MR) is 74.2 cm³/mol. The lowest BCUT2D eigenvalue weighted by atomic mass is 10.2. The highest BCUT2D eigenvalue weighted by Gasteiger charge is 2.18. The smallest absolute Gasteiger partial charge is 0.322 e. The van der Waals surface area contributed by atoms with Crippen molar-refractivity contribution in [2.75, 3.05) is 11.9 Å². The van der Waals surface area contributed by atoms with E-state index in [4.69, 9.17) is 10.4 Å². The number of anilines is 1. The van der Waals surface area contributed by atoms with Gasteiger partial charge in [0.1, 0.15) is 11.9 Å². The minimum Gasteiger partial charge on any atom is -0.481 e. The third-order valence-electron chi connectivity index (χ3n) is 2.79. The molecule has 0 heterocycles. The van der Waals surface area contributed by atoms with Gasteiger partial charge >= 0.3 is 12.0 Å². The summed E-state index contributed by atoms with van der Waals surface area (Å²) < 4.78 is 13.2. The minimum absolute atomic E-state index is 0.0606. The van der Waals surface area contributed by atoms with E-state index in [1.807, 2.05) is 0 Å². The number of amides is 2. The molecule has 0 spiro atoms. The third-order valence-corrected chi connectivity index (χ3v) is 2.79. The van der Waals surface area contributed by atoms with Gasteiger partial charge in [-0.1, -0.05) is 0 Å². The van der Waals surface area contributed by atoms with Crippen LogP contribution in [0.2, 0.25) is 0 Å². The summed E-state index contributed by atoms with van der Waals surface area (Å²) in [5, 5.41) is 19.9. The van der Waals surface area contributed by atoms with Crippen molar-refractivity contribution in [3.63, 3.8) is 0 Å². The van der Waals surface area contributed by atoms with Gasteiger partial charge in [-0.2, -0.15) is 5.26 Å². The van der Waals surface area contributed by atoms with Crippen molar-refractivity contribution in [2.45, 2.75) is 26.3 Å². The number of halogens is 1. The molecule has 2 N–H and O–H groups in total. The van der Waals surface area contributed by atoms with E-state index in [2.05, 4.69) is 5.32 Å². The number of nitrogens with one attached hydrogen (secondary N) is 1. The van der Waals surface area contributed by atoms with Gasteiger partial charge in [0, 0.05) is 18.3 Å². The van der Waals surface area contributed by atoms with E-state index in [1.54, 1.807) is 19.9 Å². The molecule has 0 bridgehead atoms. The first-order valence-electron chi connectivity index (χ1n) is 6.34. The summed E-state index contributed by atoms with van der Waals surface area (Å²) in [6.07, 6.45) is -0.168. The fraction of sp³-hybridized carbons (Fsp3) is 0.357. The molecule has 0 saturated carbocycles. The van der Waals surface area contributed by atoms with Crippen LogP contribution in [-0.2, 0) is 4.79 Å². The van der Waals surface area contributed by atoms with Crippen molar-refractivity contribution in [1.29, 1.82) is 5.26 Å². The number of aliphatic carboxylic acids is 1. The molecule has 0 aliphatic rings. The molecule has 1 aromatic carbocycles. The lowest BCUT2D eigenvalue weighted by molar-refractivity contribution is -0.137. The first-order valence-corrected chi connectivity index (χ1v) is 6.34. The van der Waals surface area contributed by atoms with E-state index in [9.17, 15) is 14.0 Å². The first-order chi connectivity index (χ1) is 9.85. The molecule has 21 heavy (non-hydrogen) atoms. The Balaban J connectivity index is 2.82. The normalized spacial score (nSPS) is 10.0. The van der Waals surface area contributed by atoms with Crippen LogP contribution in [0.5, 0.6) is 0 Å². The summed E-state index contributed by atoms with van der Waals surface area (Å²) >= 11 is 0. The van der Waals surface area contributed by atoms with Crippen LogP contribution in [0.15, 0.2) is 18.2 Å². The maximum atomic E-state index is 13.2. The summed E-state index contributed by atoms with van der Waals surface area (Å²) in [6.45, 7) is 3.57. The molecule has 0 fully saturated rings. The molecular formula is C14H16FN3O3. The minimum atomic E-state index is -0.998. The second-order valence-electron chi connectivity index (χ2n) is 4.67. The summed E-state index contributed by atoms with van der Waals surface area (Å²) in [4.78, 5) is 24.0. The van der Waals surface area contributed by atoms with Gasteiger partial charge in [-0.15, -0.1) is 0 Å². The predicted octanol–water partition coefficient (Wildman–Crippen LogP) is 2.41. The third kappa shape index (κ3) is 4.76. The standard InChI is InChI=1S/C14H16FN3O3/c1-9(2)18(6-5-13(19)20)14(21)17-11-3-4-12(15)10(7-11)8-16/h3-4,7,9H,5-6H2,1-2H3,(H,17,21)(H,19,20). The van der Waals surface area contributed by atoms with E-state index in [-0.39, 0.29) is 30.3 Å². The molecule has 1 aromatic rings. The zero-order chi connectivity index (χ0) is 16.0. The van der Waals surface area contributed by atoms with E-state index in [1.165, 1.54) is 17.0 Å². The Morgan fingerprint density at radius 2 is 2.14 bits per heavy atom. The topological polar surface area (TPSA) is 93.4 Å². The summed E-state index contributed by atoms with van der Waals surface area (Å²) in [7, 11) is 0. The van der Waals surface area contributed by atoms with E-state index >= 15 is 0 Å². The van der Waals surface area contributed by atoms with Crippen LogP contribution in [0.4, 0.5) is 14.9 Å². The largest absolute Gasteiger partial charge is 0.481 e. The summed E-state index contributed by atoms with van der Waals surface area (Å²) in [5.41, 5.74) is 0.105. The number of carboxylic acids is 1. The van der Waals surface area contributed by atoms with Crippen molar-refractivity contribution in [3.05, 3.63) is 29.6 Å². The number of nitrogens with zero attached hydrogens (tertiary/aromatic N) is 2. The fourth-order valence-electron chi connectivity index (χ4n) is 1.69. The summed E-state index contributed by atoms with van der Waals surface area (Å²) in [6, 6.07) is 4.64. The van der Waals surface area contributed by atoms with Crippen LogP contribution in [0.3, 0.4) is 0 Å². The summed E-state index contributed by atoms with van der Waals surface area (Å²) in [5.74, 6) is -1.66. The van der Waals surface area contributed by atoms with Gasteiger partial charge in [0.05, 0.1) is 12.0 Å². The molecular weight excluding hydrogens is 277 g/mol. The van der Waals surface area contributed by atoms with Gasteiger partial charge in [0.15, 0.2) is 0 Å². The number of hydrogen-bond acceptors (Lipinski definition) is 3. The Morgan fingerprint density at radius 3 is 2.67 bits per heavy atom. The van der Waals surface area contributed by atoms with Crippen LogP contribution < -0.4 is 5.32 Å². The molecule has 0 aromatic heterocycles.